The third kappa shape index (κ3) is 4.14. The lowest BCUT2D eigenvalue weighted by atomic mass is 10.1. The van der Waals surface area contributed by atoms with E-state index in [1.165, 1.54) is 17.8 Å². The highest BCUT2D eigenvalue weighted by atomic mass is 32.1. The van der Waals surface area contributed by atoms with E-state index in [0.29, 0.717) is 16.7 Å². The quantitative estimate of drug-likeness (QED) is 0.870. The van der Waals surface area contributed by atoms with Gasteiger partial charge in [-0.25, -0.2) is 0 Å². The van der Waals surface area contributed by atoms with E-state index in [4.69, 9.17) is 4.74 Å². The van der Waals surface area contributed by atoms with Crippen LogP contribution in [0.1, 0.15) is 42.4 Å². The van der Waals surface area contributed by atoms with Crippen LogP contribution in [0, 0.1) is 0 Å². The molecule has 6 nitrogen and oxygen atoms in total. The second-order valence-electron chi connectivity index (χ2n) is 5.01. The van der Waals surface area contributed by atoms with Crippen molar-refractivity contribution in [3.8, 4) is 0 Å². The van der Waals surface area contributed by atoms with Gasteiger partial charge in [0.1, 0.15) is 0 Å². The van der Waals surface area contributed by atoms with Crippen LogP contribution < -0.4 is 5.32 Å². The Hall–Kier alpha value is -1.21. The molecule has 0 spiro atoms. The summed E-state index contributed by atoms with van der Waals surface area (Å²) in [5, 5.41) is 12.2. The molecule has 0 saturated carbocycles. The lowest BCUT2D eigenvalue weighted by molar-refractivity contribution is -0.000206. The maximum Gasteiger partial charge on any atom is 0.284 e. The van der Waals surface area contributed by atoms with E-state index >= 15 is 0 Å². The molecule has 1 amide bonds. The topological polar surface area (TPSA) is 67.4 Å². The highest BCUT2D eigenvalue weighted by Crippen LogP contribution is 2.18. The summed E-state index contributed by atoms with van der Waals surface area (Å²) < 4.78 is 5.65. The highest BCUT2D eigenvalue weighted by Gasteiger charge is 2.22. The molecular weight excluding hydrogens is 276 g/mol. The molecule has 1 aliphatic rings. The summed E-state index contributed by atoms with van der Waals surface area (Å²) in [6.07, 6.45) is 4.50. The average Bonchev–Trinajstić information content (AvgIpc) is 2.94. The van der Waals surface area contributed by atoms with Crippen LogP contribution >= 0.6 is 11.3 Å². The van der Waals surface area contributed by atoms with Gasteiger partial charge in [-0.15, -0.1) is 10.2 Å². The van der Waals surface area contributed by atoms with Gasteiger partial charge in [-0.2, -0.15) is 0 Å². The van der Waals surface area contributed by atoms with Crippen molar-refractivity contribution >= 4 is 22.4 Å². The summed E-state index contributed by atoms with van der Waals surface area (Å²) in [6, 6.07) is 0. The molecule has 1 aromatic rings. The molecule has 7 heteroatoms. The molecule has 2 rings (SSSR count). The van der Waals surface area contributed by atoms with Gasteiger partial charge in [-0.1, -0.05) is 18.3 Å². The van der Waals surface area contributed by atoms with Crippen LogP contribution in [0.25, 0.3) is 0 Å². The van der Waals surface area contributed by atoms with E-state index in [-0.39, 0.29) is 12.0 Å². The average molecular weight is 298 g/mol. The van der Waals surface area contributed by atoms with Crippen molar-refractivity contribution in [3.05, 3.63) is 5.01 Å². The fourth-order valence-corrected chi connectivity index (χ4v) is 2.88. The third-order valence-corrected chi connectivity index (χ3v) is 4.10. The first-order valence-corrected chi connectivity index (χ1v) is 7.96. The number of aromatic nitrogens is 2. The van der Waals surface area contributed by atoms with Crippen molar-refractivity contribution in [1.29, 1.82) is 0 Å². The van der Waals surface area contributed by atoms with E-state index in [0.717, 1.165) is 32.4 Å². The Labute approximate surface area is 123 Å². The predicted octanol–water partition coefficient (Wildman–Crippen LogP) is 2.00. The van der Waals surface area contributed by atoms with Crippen molar-refractivity contribution in [3.63, 3.8) is 0 Å². The molecule has 0 bridgehead atoms. The number of anilines is 1. The van der Waals surface area contributed by atoms with Crippen LogP contribution in [0.5, 0.6) is 0 Å². The summed E-state index contributed by atoms with van der Waals surface area (Å²) in [5.74, 6) is -0.0822. The molecular formula is C13H22N4O2S. The minimum Gasteiger partial charge on any atom is -0.376 e. The summed E-state index contributed by atoms with van der Waals surface area (Å²) >= 11 is 1.31. The van der Waals surface area contributed by atoms with E-state index in [1.807, 2.05) is 0 Å². The van der Waals surface area contributed by atoms with Gasteiger partial charge in [0, 0.05) is 26.7 Å². The monoisotopic (exact) mass is 298 g/mol. The molecule has 112 valence electrons. The first-order valence-electron chi connectivity index (χ1n) is 7.15. The number of nitrogens with one attached hydrogen (secondary N) is 1. The van der Waals surface area contributed by atoms with Gasteiger partial charge in [0.25, 0.3) is 5.91 Å². The Morgan fingerprint density at radius 1 is 1.50 bits per heavy atom. The second kappa shape index (κ2) is 7.54. The molecule has 1 fully saturated rings. The number of amides is 1. The van der Waals surface area contributed by atoms with Gasteiger partial charge in [0.2, 0.25) is 10.1 Å². The zero-order valence-electron chi connectivity index (χ0n) is 12.1. The van der Waals surface area contributed by atoms with Crippen molar-refractivity contribution in [2.45, 2.75) is 38.7 Å². The zero-order chi connectivity index (χ0) is 14.4. The van der Waals surface area contributed by atoms with Crippen LogP contribution in [0.3, 0.4) is 0 Å². The van der Waals surface area contributed by atoms with E-state index in [9.17, 15) is 4.79 Å². The van der Waals surface area contributed by atoms with Gasteiger partial charge in [0.15, 0.2) is 0 Å². The second-order valence-corrected chi connectivity index (χ2v) is 5.99. The SMILES string of the molecule is CCCNc1nnc(C(=O)N(C)CC2CCCCO2)s1. The standard InChI is InChI=1S/C13H22N4O2S/c1-3-7-14-13-16-15-11(20-13)12(18)17(2)9-10-6-4-5-8-19-10/h10H,3-9H2,1-2H3,(H,14,16). The smallest absolute Gasteiger partial charge is 0.284 e. The van der Waals surface area contributed by atoms with E-state index < -0.39 is 0 Å². The van der Waals surface area contributed by atoms with Crippen LogP contribution in [0.2, 0.25) is 0 Å². The molecule has 1 aromatic heterocycles. The molecule has 0 radical (unpaired) electrons. The van der Waals surface area contributed by atoms with Crippen molar-refractivity contribution in [2.75, 3.05) is 32.1 Å². The molecule has 2 heterocycles. The van der Waals surface area contributed by atoms with Crippen LogP contribution in [-0.4, -0.2) is 53.9 Å². The molecule has 0 aromatic carbocycles. The Kier molecular flexibility index (Phi) is 5.72. The van der Waals surface area contributed by atoms with Crippen LogP contribution in [0.4, 0.5) is 5.13 Å². The number of rotatable bonds is 6. The largest absolute Gasteiger partial charge is 0.376 e. The summed E-state index contributed by atoms with van der Waals surface area (Å²) in [7, 11) is 1.79. The number of carbonyl (C=O) groups is 1. The molecule has 1 atom stereocenters. The maximum absolute atomic E-state index is 12.3. The van der Waals surface area contributed by atoms with Crippen LogP contribution in [-0.2, 0) is 4.74 Å². The minimum absolute atomic E-state index is 0.0822. The number of ether oxygens (including phenoxy) is 1. The Morgan fingerprint density at radius 3 is 3.05 bits per heavy atom. The molecule has 0 aliphatic carbocycles. The number of carbonyl (C=O) groups excluding carboxylic acids is 1. The predicted molar refractivity (Wildman–Crippen MR) is 79.2 cm³/mol. The Morgan fingerprint density at radius 2 is 2.35 bits per heavy atom. The Balaban J connectivity index is 1.87. The minimum atomic E-state index is -0.0822. The van der Waals surface area contributed by atoms with Crippen molar-refractivity contribution in [1.82, 2.24) is 15.1 Å². The number of hydrogen-bond acceptors (Lipinski definition) is 6. The third-order valence-electron chi connectivity index (χ3n) is 3.23. The zero-order valence-corrected chi connectivity index (χ0v) is 12.9. The fraction of sp³-hybridized carbons (Fsp3) is 0.769. The molecule has 20 heavy (non-hydrogen) atoms. The van der Waals surface area contributed by atoms with Crippen molar-refractivity contribution in [2.24, 2.45) is 0 Å². The van der Waals surface area contributed by atoms with E-state index in [2.05, 4.69) is 22.4 Å². The number of hydrogen-bond donors (Lipinski definition) is 1. The normalized spacial score (nSPS) is 18.8. The molecule has 1 unspecified atom stereocenters. The van der Waals surface area contributed by atoms with E-state index in [1.54, 1.807) is 11.9 Å². The van der Waals surface area contributed by atoms with Gasteiger partial charge >= 0.3 is 0 Å². The van der Waals surface area contributed by atoms with Crippen LogP contribution in [0.15, 0.2) is 0 Å². The number of likely N-dealkylation sites (N-methyl/N-ethyl adjacent to an activating group) is 1. The van der Waals surface area contributed by atoms with Gasteiger partial charge in [-0.3, -0.25) is 4.79 Å². The number of nitrogens with zero attached hydrogens (tertiary/aromatic N) is 3. The van der Waals surface area contributed by atoms with Gasteiger partial charge in [-0.05, 0) is 25.7 Å². The Bertz CT molecular complexity index is 432. The van der Waals surface area contributed by atoms with Gasteiger partial charge in [0.05, 0.1) is 6.10 Å². The maximum atomic E-state index is 12.3. The first kappa shape index (κ1) is 15.2. The summed E-state index contributed by atoms with van der Waals surface area (Å²) in [6.45, 7) is 4.35. The lowest BCUT2D eigenvalue weighted by Crippen LogP contribution is -2.37. The summed E-state index contributed by atoms with van der Waals surface area (Å²) in [4.78, 5) is 13.9. The van der Waals surface area contributed by atoms with Crippen molar-refractivity contribution < 1.29 is 9.53 Å². The van der Waals surface area contributed by atoms with Gasteiger partial charge < -0.3 is 15.0 Å². The fourth-order valence-electron chi connectivity index (χ4n) is 2.12. The molecule has 1 N–H and O–H groups in total. The first-order chi connectivity index (χ1) is 9.70. The lowest BCUT2D eigenvalue weighted by Gasteiger charge is -2.26. The highest BCUT2D eigenvalue weighted by molar-refractivity contribution is 7.17. The molecule has 1 saturated heterocycles. The summed E-state index contributed by atoms with van der Waals surface area (Å²) in [5.41, 5.74) is 0. The molecule has 1 aliphatic heterocycles.